The molecule has 1 amide bonds. The van der Waals surface area contributed by atoms with Crippen LogP contribution < -0.4 is 0 Å². The van der Waals surface area contributed by atoms with Crippen LogP contribution in [0.5, 0.6) is 0 Å². The lowest BCUT2D eigenvalue weighted by Gasteiger charge is -2.20. The van der Waals surface area contributed by atoms with Crippen LogP contribution in [0.3, 0.4) is 0 Å². The van der Waals surface area contributed by atoms with Crippen LogP contribution in [0.4, 0.5) is 4.39 Å². The number of hydrogen-bond acceptors (Lipinski definition) is 2. The summed E-state index contributed by atoms with van der Waals surface area (Å²) in [5.74, 6) is -0.128. The zero-order valence-corrected chi connectivity index (χ0v) is 11.0. The Hall–Kier alpha value is -2.10. The molecule has 0 fully saturated rings. The van der Waals surface area contributed by atoms with Crippen molar-refractivity contribution in [3.05, 3.63) is 59.3 Å². The van der Waals surface area contributed by atoms with Crippen LogP contribution in [0.2, 0.25) is 0 Å². The van der Waals surface area contributed by atoms with E-state index in [1.807, 2.05) is 13.8 Å². The van der Waals surface area contributed by atoms with E-state index in [4.69, 9.17) is 4.42 Å². The van der Waals surface area contributed by atoms with Gasteiger partial charge in [-0.05, 0) is 38.1 Å². The molecule has 0 saturated heterocycles. The number of rotatable bonds is 4. The van der Waals surface area contributed by atoms with Crippen LogP contribution in [0.1, 0.15) is 28.6 Å². The third-order valence-corrected chi connectivity index (χ3v) is 2.95. The number of amides is 1. The maximum Gasteiger partial charge on any atom is 0.257 e. The first-order chi connectivity index (χ1) is 9.11. The molecule has 4 heteroatoms. The van der Waals surface area contributed by atoms with Crippen LogP contribution in [-0.4, -0.2) is 17.4 Å². The summed E-state index contributed by atoms with van der Waals surface area (Å²) in [6, 6.07) is 8.10. The molecule has 0 aliphatic heterocycles. The molecular formula is C15H16FNO2. The quantitative estimate of drug-likeness (QED) is 0.845. The standard InChI is InChI=1S/C15H16FNO2/c1-3-17(10-12-5-4-8-19-12)15(18)13-9-11(2)6-7-14(13)16/h4-9H,3,10H2,1-2H3. The van der Waals surface area contributed by atoms with Gasteiger partial charge in [-0.15, -0.1) is 0 Å². The van der Waals surface area contributed by atoms with Gasteiger partial charge in [-0.3, -0.25) is 4.79 Å². The number of hydrogen-bond donors (Lipinski definition) is 0. The fourth-order valence-corrected chi connectivity index (χ4v) is 1.89. The van der Waals surface area contributed by atoms with E-state index in [9.17, 15) is 9.18 Å². The molecule has 100 valence electrons. The van der Waals surface area contributed by atoms with Gasteiger partial charge in [-0.2, -0.15) is 0 Å². The third-order valence-electron chi connectivity index (χ3n) is 2.95. The molecule has 2 aromatic rings. The summed E-state index contributed by atoms with van der Waals surface area (Å²) in [6.45, 7) is 4.52. The van der Waals surface area contributed by atoms with Gasteiger partial charge in [0.15, 0.2) is 0 Å². The van der Waals surface area contributed by atoms with Crippen LogP contribution in [0.25, 0.3) is 0 Å². The van der Waals surface area contributed by atoms with Gasteiger partial charge < -0.3 is 9.32 Å². The molecule has 0 radical (unpaired) electrons. The zero-order chi connectivity index (χ0) is 13.8. The van der Waals surface area contributed by atoms with E-state index < -0.39 is 5.82 Å². The lowest BCUT2D eigenvalue weighted by atomic mass is 10.1. The molecule has 1 heterocycles. The molecule has 0 unspecified atom stereocenters. The Morgan fingerprint density at radius 2 is 2.16 bits per heavy atom. The molecule has 0 atom stereocenters. The third kappa shape index (κ3) is 3.02. The minimum absolute atomic E-state index is 0.105. The largest absolute Gasteiger partial charge is 0.467 e. The highest BCUT2D eigenvalue weighted by Crippen LogP contribution is 2.15. The Morgan fingerprint density at radius 1 is 1.37 bits per heavy atom. The van der Waals surface area contributed by atoms with E-state index in [-0.39, 0.29) is 11.5 Å². The molecule has 0 bridgehead atoms. The summed E-state index contributed by atoms with van der Waals surface area (Å²) in [5, 5.41) is 0. The highest BCUT2D eigenvalue weighted by molar-refractivity contribution is 5.94. The first-order valence-electron chi connectivity index (χ1n) is 6.19. The smallest absolute Gasteiger partial charge is 0.257 e. The van der Waals surface area contributed by atoms with Crippen LogP contribution >= 0.6 is 0 Å². The van der Waals surface area contributed by atoms with Crippen molar-refractivity contribution >= 4 is 5.91 Å². The van der Waals surface area contributed by atoms with Gasteiger partial charge in [-0.25, -0.2) is 4.39 Å². The molecule has 2 rings (SSSR count). The van der Waals surface area contributed by atoms with E-state index in [0.717, 1.165) is 5.56 Å². The zero-order valence-electron chi connectivity index (χ0n) is 11.0. The fraction of sp³-hybridized carbons (Fsp3) is 0.267. The second-order valence-electron chi connectivity index (χ2n) is 4.38. The summed E-state index contributed by atoms with van der Waals surface area (Å²) >= 11 is 0. The van der Waals surface area contributed by atoms with Gasteiger partial charge in [0.05, 0.1) is 18.4 Å². The van der Waals surface area contributed by atoms with Crippen LogP contribution in [0.15, 0.2) is 41.0 Å². The second-order valence-corrected chi connectivity index (χ2v) is 4.38. The minimum Gasteiger partial charge on any atom is -0.467 e. The number of furan rings is 1. The molecule has 1 aromatic carbocycles. The van der Waals surface area contributed by atoms with Gasteiger partial charge in [0.25, 0.3) is 5.91 Å². The number of carbonyl (C=O) groups excluding carboxylic acids is 1. The maximum absolute atomic E-state index is 13.7. The Bertz CT molecular complexity index is 564. The van der Waals surface area contributed by atoms with E-state index in [2.05, 4.69) is 0 Å². The van der Waals surface area contributed by atoms with Crippen molar-refractivity contribution in [2.45, 2.75) is 20.4 Å². The molecule has 0 spiro atoms. The van der Waals surface area contributed by atoms with Crippen molar-refractivity contribution in [2.24, 2.45) is 0 Å². The predicted molar refractivity (Wildman–Crippen MR) is 70.3 cm³/mol. The van der Waals surface area contributed by atoms with Gasteiger partial charge in [0.2, 0.25) is 0 Å². The molecule has 0 N–H and O–H groups in total. The number of benzene rings is 1. The topological polar surface area (TPSA) is 33.5 Å². The van der Waals surface area contributed by atoms with Crippen molar-refractivity contribution in [1.29, 1.82) is 0 Å². The summed E-state index contributed by atoms with van der Waals surface area (Å²) < 4.78 is 18.9. The van der Waals surface area contributed by atoms with Gasteiger partial charge in [-0.1, -0.05) is 11.6 Å². The SMILES string of the molecule is CCN(Cc1ccco1)C(=O)c1cc(C)ccc1F. The first-order valence-corrected chi connectivity index (χ1v) is 6.19. The molecule has 0 aliphatic rings. The Labute approximate surface area is 111 Å². The molecule has 0 saturated carbocycles. The van der Waals surface area contributed by atoms with Crippen LogP contribution in [-0.2, 0) is 6.54 Å². The first kappa shape index (κ1) is 13.3. The average Bonchev–Trinajstić information content (AvgIpc) is 2.91. The van der Waals surface area contributed by atoms with Crippen molar-refractivity contribution in [2.75, 3.05) is 6.54 Å². The van der Waals surface area contributed by atoms with E-state index >= 15 is 0 Å². The fourth-order valence-electron chi connectivity index (χ4n) is 1.89. The van der Waals surface area contributed by atoms with Gasteiger partial charge in [0.1, 0.15) is 11.6 Å². The molecule has 3 nitrogen and oxygen atoms in total. The average molecular weight is 261 g/mol. The minimum atomic E-state index is -0.492. The molecule has 19 heavy (non-hydrogen) atoms. The molecule has 0 aliphatic carbocycles. The highest BCUT2D eigenvalue weighted by Gasteiger charge is 2.19. The van der Waals surface area contributed by atoms with E-state index in [0.29, 0.717) is 18.8 Å². The van der Waals surface area contributed by atoms with Gasteiger partial charge >= 0.3 is 0 Å². The summed E-state index contributed by atoms with van der Waals surface area (Å²) in [6.07, 6.45) is 1.56. The summed E-state index contributed by atoms with van der Waals surface area (Å²) in [7, 11) is 0. The molecular weight excluding hydrogens is 245 g/mol. The highest BCUT2D eigenvalue weighted by atomic mass is 19.1. The number of halogens is 1. The summed E-state index contributed by atoms with van der Waals surface area (Å²) in [5.41, 5.74) is 0.965. The number of aryl methyl sites for hydroxylation is 1. The normalized spacial score (nSPS) is 10.5. The lowest BCUT2D eigenvalue weighted by Crippen LogP contribution is -2.30. The summed E-state index contributed by atoms with van der Waals surface area (Å²) in [4.78, 5) is 13.9. The van der Waals surface area contributed by atoms with Crippen molar-refractivity contribution < 1.29 is 13.6 Å². The van der Waals surface area contributed by atoms with Crippen molar-refractivity contribution in [3.8, 4) is 0 Å². The lowest BCUT2D eigenvalue weighted by molar-refractivity contribution is 0.0736. The predicted octanol–water partition coefficient (Wildman–Crippen LogP) is 3.39. The number of carbonyl (C=O) groups is 1. The van der Waals surface area contributed by atoms with Gasteiger partial charge in [0, 0.05) is 6.54 Å². The Morgan fingerprint density at radius 3 is 2.79 bits per heavy atom. The van der Waals surface area contributed by atoms with E-state index in [1.54, 1.807) is 35.4 Å². The number of nitrogens with zero attached hydrogens (tertiary/aromatic N) is 1. The Balaban J connectivity index is 2.23. The van der Waals surface area contributed by atoms with Crippen molar-refractivity contribution in [1.82, 2.24) is 4.90 Å². The Kier molecular flexibility index (Phi) is 4.00. The maximum atomic E-state index is 13.7. The monoisotopic (exact) mass is 261 g/mol. The van der Waals surface area contributed by atoms with E-state index in [1.165, 1.54) is 6.07 Å². The molecule has 1 aromatic heterocycles. The van der Waals surface area contributed by atoms with Crippen molar-refractivity contribution in [3.63, 3.8) is 0 Å². The second kappa shape index (κ2) is 5.69. The van der Waals surface area contributed by atoms with Crippen LogP contribution in [0, 0.1) is 12.7 Å².